The summed E-state index contributed by atoms with van der Waals surface area (Å²) in [6.07, 6.45) is 5.22. The Kier molecular flexibility index (Phi) is 2.68. The molecule has 0 fully saturated rings. The van der Waals surface area contributed by atoms with Gasteiger partial charge in [0.05, 0.1) is 5.52 Å². The summed E-state index contributed by atoms with van der Waals surface area (Å²) in [4.78, 5) is 19.6. The third-order valence-corrected chi connectivity index (χ3v) is 3.02. The van der Waals surface area contributed by atoms with Gasteiger partial charge in [0, 0.05) is 29.5 Å². The Bertz CT molecular complexity index is 754. The van der Waals surface area contributed by atoms with Crippen molar-refractivity contribution in [3.63, 3.8) is 0 Å². The molecule has 0 aliphatic heterocycles. The molecule has 0 aliphatic rings. The van der Waals surface area contributed by atoms with Crippen LogP contribution in [-0.4, -0.2) is 15.9 Å². The van der Waals surface area contributed by atoms with Gasteiger partial charge in [0.2, 0.25) is 5.91 Å². The largest absolute Gasteiger partial charge is 0.366 e. The van der Waals surface area contributed by atoms with Crippen molar-refractivity contribution in [2.45, 2.75) is 0 Å². The summed E-state index contributed by atoms with van der Waals surface area (Å²) in [5, 5.41) is 0.907. The lowest BCUT2D eigenvalue weighted by atomic mass is 10.0. The fourth-order valence-electron chi connectivity index (χ4n) is 2.08. The first-order valence-corrected chi connectivity index (χ1v) is 5.85. The van der Waals surface area contributed by atoms with E-state index in [1.165, 1.54) is 0 Å². The van der Waals surface area contributed by atoms with Crippen molar-refractivity contribution in [1.29, 1.82) is 0 Å². The van der Waals surface area contributed by atoms with Crippen LogP contribution in [0.25, 0.3) is 22.0 Å². The van der Waals surface area contributed by atoms with Crippen molar-refractivity contribution in [2.75, 3.05) is 0 Å². The molecule has 0 radical (unpaired) electrons. The fraction of sp³-hybridized carbons (Fsp3) is 0. The predicted molar refractivity (Wildman–Crippen MR) is 73.5 cm³/mol. The van der Waals surface area contributed by atoms with E-state index in [9.17, 15) is 4.79 Å². The van der Waals surface area contributed by atoms with Gasteiger partial charge in [0.15, 0.2) is 0 Å². The third-order valence-electron chi connectivity index (χ3n) is 3.02. The summed E-state index contributed by atoms with van der Waals surface area (Å²) in [5.41, 5.74) is 8.68. The van der Waals surface area contributed by atoms with Crippen LogP contribution >= 0.6 is 0 Å². The average molecular weight is 249 g/mol. The zero-order valence-electron chi connectivity index (χ0n) is 10.1. The highest BCUT2D eigenvalue weighted by Gasteiger charge is 2.07. The van der Waals surface area contributed by atoms with Crippen molar-refractivity contribution < 1.29 is 4.79 Å². The van der Waals surface area contributed by atoms with Gasteiger partial charge in [0.25, 0.3) is 0 Å². The highest BCUT2D eigenvalue weighted by molar-refractivity contribution is 6.01. The minimum absolute atomic E-state index is 0.438. The summed E-state index contributed by atoms with van der Waals surface area (Å²) in [5.74, 6) is -0.438. The number of hydrogen-bond acceptors (Lipinski definition) is 3. The van der Waals surface area contributed by atoms with E-state index in [0.717, 1.165) is 22.0 Å². The highest BCUT2D eigenvalue weighted by Crippen LogP contribution is 2.27. The molecule has 0 bridgehead atoms. The predicted octanol–water partition coefficient (Wildman–Crippen LogP) is 2.40. The molecule has 4 nitrogen and oxygen atoms in total. The van der Waals surface area contributed by atoms with E-state index >= 15 is 0 Å². The first-order chi connectivity index (χ1) is 9.25. The van der Waals surface area contributed by atoms with Crippen LogP contribution in [0.1, 0.15) is 10.4 Å². The smallest absolute Gasteiger partial charge is 0.248 e. The number of carbonyl (C=O) groups is 1. The Balaban J connectivity index is 2.30. The molecule has 0 saturated carbocycles. The summed E-state index contributed by atoms with van der Waals surface area (Å²) in [7, 11) is 0. The molecule has 4 heteroatoms. The number of carbonyl (C=O) groups excluding carboxylic acids is 1. The summed E-state index contributed by atoms with van der Waals surface area (Å²) in [6.45, 7) is 0. The SMILES string of the molecule is NC(=O)c1ccc2nccc(-c3ccncc3)c2c1. The molecule has 19 heavy (non-hydrogen) atoms. The molecule has 3 rings (SSSR count). The third kappa shape index (κ3) is 2.04. The van der Waals surface area contributed by atoms with Gasteiger partial charge in [-0.2, -0.15) is 0 Å². The van der Waals surface area contributed by atoms with E-state index in [-0.39, 0.29) is 0 Å². The highest BCUT2D eigenvalue weighted by atomic mass is 16.1. The number of primary amides is 1. The van der Waals surface area contributed by atoms with Gasteiger partial charge in [-0.1, -0.05) is 0 Å². The molecule has 2 aromatic heterocycles. The number of amides is 1. The molecule has 1 aromatic carbocycles. The second-order valence-corrected chi connectivity index (χ2v) is 4.19. The molecule has 92 valence electrons. The second-order valence-electron chi connectivity index (χ2n) is 4.19. The van der Waals surface area contributed by atoms with Crippen LogP contribution in [0.2, 0.25) is 0 Å². The van der Waals surface area contributed by atoms with Gasteiger partial charge in [-0.05, 0) is 47.5 Å². The Morgan fingerprint density at radius 2 is 1.79 bits per heavy atom. The van der Waals surface area contributed by atoms with Gasteiger partial charge in [-0.15, -0.1) is 0 Å². The van der Waals surface area contributed by atoms with Gasteiger partial charge >= 0.3 is 0 Å². The van der Waals surface area contributed by atoms with Crippen LogP contribution in [0.4, 0.5) is 0 Å². The van der Waals surface area contributed by atoms with Crippen molar-refractivity contribution in [3.8, 4) is 11.1 Å². The second kappa shape index (κ2) is 4.49. The van der Waals surface area contributed by atoms with E-state index in [2.05, 4.69) is 9.97 Å². The van der Waals surface area contributed by atoms with Crippen LogP contribution in [0.5, 0.6) is 0 Å². The molecule has 2 heterocycles. The van der Waals surface area contributed by atoms with Gasteiger partial charge < -0.3 is 5.73 Å². The summed E-state index contributed by atoms with van der Waals surface area (Å²) >= 11 is 0. The lowest BCUT2D eigenvalue weighted by Gasteiger charge is -2.07. The Hall–Kier alpha value is -2.75. The van der Waals surface area contributed by atoms with Crippen LogP contribution in [0.3, 0.4) is 0 Å². The molecule has 1 amide bonds. The number of fused-ring (bicyclic) bond motifs is 1. The summed E-state index contributed by atoms with van der Waals surface area (Å²) in [6, 6.07) is 11.0. The number of nitrogens with zero attached hydrogens (tertiary/aromatic N) is 2. The molecule has 2 N–H and O–H groups in total. The standard InChI is InChI=1S/C15H11N3O/c16-15(19)11-1-2-14-13(9-11)12(5-8-18-14)10-3-6-17-7-4-10/h1-9H,(H2,16,19). The molecule has 0 saturated heterocycles. The number of hydrogen-bond donors (Lipinski definition) is 1. The lowest BCUT2D eigenvalue weighted by Crippen LogP contribution is -2.10. The van der Waals surface area contributed by atoms with Crippen LogP contribution in [-0.2, 0) is 0 Å². The number of aromatic nitrogens is 2. The molecule has 0 aliphatic carbocycles. The fourth-order valence-corrected chi connectivity index (χ4v) is 2.08. The van der Waals surface area contributed by atoms with Crippen molar-refractivity contribution in [1.82, 2.24) is 9.97 Å². The topological polar surface area (TPSA) is 68.9 Å². The first-order valence-electron chi connectivity index (χ1n) is 5.85. The Labute approximate surface area is 109 Å². The maximum absolute atomic E-state index is 11.3. The molecule has 0 unspecified atom stereocenters. The van der Waals surface area contributed by atoms with Crippen molar-refractivity contribution >= 4 is 16.8 Å². The summed E-state index contributed by atoms with van der Waals surface area (Å²) < 4.78 is 0. The molecule has 0 atom stereocenters. The normalized spacial score (nSPS) is 10.5. The minimum atomic E-state index is -0.438. The van der Waals surface area contributed by atoms with E-state index in [0.29, 0.717) is 5.56 Å². The maximum Gasteiger partial charge on any atom is 0.248 e. The molecule has 0 spiro atoms. The zero-order valence-corrected chi connectivity index (χ0v) is 10.1. The Morgan fingerprint density at radius 1 is 1.00 bits per heavy atom. The quantitative estimate of drug-likeness (QED) is 0.758. The molecular formula is C15H11N3O. The van der Waals surface area contributed by atoms with E-state index in [4.69, 9.17) is 5.73 Å². The van der Waals surface area contributed by atoms with Gasteiger partial charge in [-0.3, -0.25) is 14.8 Å². The zero-order chi connectivity index (χ0) is 13.2. The number of nitrogens with two attached hydrogens (primary N) is 1. The average Bonchev–Trinajstić information content (AvgIpc) is 2.47. The minimum Gasteiger partial charge on any atom is -0.366 e. The van der Waals surface area contributed by atoms with E-state index in [1.54, 1.807) is 36.8 Å². The lowest BCUT2D eigenvalue weighted by molar-refractivity contribution is 0.100. The van der Waals surface area contributed by atoms with Crippen LogP contribution < -0.4 is 5.73 Å². The maximum atomic E-state index is 11.3. The van der Waals surface area contributed by atoms with E-state index < -0.39 is 5.91 Å². The van der Waals surface area contributed by atoms with Crippen molar-refractivity contribution in [3.05, 3.63) is 60.6 Å². The van der Waals surface area contributed by atoms with Crippen molar-refractivity contribution in [2.24, 2.45) is 5.73 Å². The number of rotatable bonds is 2. The monoisotopic (exact) mass is 249 g/mol. The van der Waals surface area contributed by atoms with Crippen LogP contribution in [0.15, 0.2) is 55.0 Å². The molecule has 3 aromatic rings. The number of benzene rings is 1. The van der Waals surface area contributed by atoms with Crippen LogP contribution in [0, 0.1) is 0 Å². The number of pyridine rings is 2. The van der Waals surface area contributed by atoms with Gasteiger partial charge in [0.1, 0.15) is 0 Å². The van der Waals surface area contributed by atoms with Gasteiger partial charge in [-0.25, -0.2) is 0 Å². The first kappa shape index (κ1) is 11.3. The van der Waals surface area contributed by atoms with E-state index in [1.807, 2.05) is 18.2 Å². The molecular weight excluding hydrogens is 238 g/mol. The Morgan fingerprint density at radius 3 is 2.53 bits per heavy atom.